The summed E-state index contributed by atoms with van der Waals surface area (Å²) in [6.07, 6.45) is 0. The molecule has 0 aliphatic heterocycles. The SMILES string of the molecule is O=S(=O)(O)c1ccc2c(S(=O)(=O)O)ccc(O)c2c1. The van der Waals surface area contributed by atoms with Crippen molar-refractivity contribution < 1.29 is 31.0 Å². The highest BCUT2D eigenvalue weighted by atomic mass is 32.2. The van der Waals surface area contributed by atoms with Crippen LogP contribution in [0.5, 0.6) is 5.75 Å². The zero-order valence-corrected chi connectivity index (χ0v) is 10.8. The summed E-state index contributed by atoms with van der Waals surface area (Å²) in [5.41, 5.74) is 0. The van der Waals surface area contributed by atoms with Crippen molar-refractivity contribution in [3.8, 4) is 5.75 Å². The van der Waals surface area contributed by atoms with E-state index in [0.29, 0.717) is 0 Å². The molecule has 0 aliphatic rings. The Labute approximate surface area is 108 Å². The summed E-state index contributed by atoms with van der Waals surface area (Å²) in [4.78, 5) is -0.968. The highest BCUT2D eigenvalue weighted by Crippen LogP contribution is 2.31. The first-order valence-corrected chi connectivity index (χ1v) is 7.69. The monoisotopic (exact) mass is 304 g/mol. The van der Waals surface area contributed by atoms with Crippen LogP contribution < -0.4 is 0 Å². The van der Waals surface area contributed by atoms with Crippen molar-refractivity contribution in [1.82, 2.24) is 0 Å². The van der Waals surface area contributed by atoms with Gasteiger partial charge in [-0.2, -0.15) is 16.8 Å². The molecule has 0 radical (unpaired) electrons. The van der Waals surface area contributed by atoms with Gasteiger partial charge in [0.05, 0.1) is 4.90 Å². The van der Waals surface area contributed by atoms with E-state index < -0.39 is 30.0 Å². The molecule has 102 valence electrons. The predicted molar refractivity (Wildman–Crippen MR) is 65.2 cm³/mol. The van der Waals surface area contributed by atoms with Crippen molar-refractivity contribution in [2.45, 2.75) is 9.79 Å². The minimum atomic E-state index is -4.52. The maximum absolute atomic E-state index is 11.1. The fourth-order valence-electron chi connectivity index (χ4n) is 1.67. The predicted octanol–water partition coefficient (Wildman–Crippen LogP) is 1.04. The third-order valence-electron chi connectivity index (χ3n) is 2.50. The van der Waals surface area contributed by atoms with Gasteiger partial charge in [-0.25, -0.2) is 0 Å². The first-order valence-electron chi connectivity index (χ1n) is 4.81. The van der Waals surface area contributed by atoms with Crippen molar-refractivity contribution in [1.29, 1.82) is 0 Å². The Kier molecular flexibility index (Phi) is 3.01. The fraction of sp³-hybridized carbons (Fsp3) is 0. The largest absolute Gasteiger partial charge is 0.507 e. The molecule has 2 aromatic carbocycles. The van der Waals surface area contributed by atoms with E-state index in [1.165, 1.54) is 0 Å². The minimum absolute atomic E-state index is 0.0603. The summed E-state index contributed by atoms with van der Waals surface area (Å²) in [7, 11) is -9.00. The van der Waals surface area contributed by atoms with Gasteiger partial charge in [-0.3, -0.25) is 9.11 Å². The molecule has 0 unspecified atom stereocenters. The number of fused-ring (bicyclic) bond motifs is 1. The first-order chi connectivity index (χ1) is 8.60. The van der Waals surface area contributed by atoms with Crippen molar-refractivity contribution in [3.05, 3.63) is 30.3 Å². The molecular formula is C10H8O7S2. The summed E-state index contributed by atoms with van der Waals surface area (Å²) < 4.78 is 62.2. The molecule has 2 rings (SSSR count). The first kappa shape index (κ1) is 13.7. The molecule has 0 fully saturated rings. The van der Waals surface area contributed by atoms with Crippen LogP contribution in [0.15, 0.2) is 40.1 Å². The van der Waals surface area contributed by atoms with Gasteiger partial charge in [0.1, 0.15) is 10.6 Å². The average Bonchev–Trinajstić information content (AvgIpc) is 2.26. The molecule has 0 aliphatic carbocycles. The average molecular weight is 304 g/mol. The molecule has 7 nitrogen and oxygen atoms in total. The Morgan fingerprint density at radius 3 is 1.95 bits per heavy atom. The van der Waals surface area contributed by atoms with Crippen LogP contribution in [0, 0.1) is 0 Å². The van der Waals surface area contributed by atoms with Crippen LogP contribution >= 0.6 is 0 Å². The Morgan fingerprint density at radius 1 is 0.789 bits per heavy atom. The lowest BCUT2D eigenvalue weighted by Crippen LogP contribution is -2.01. The van der Waals surface area contributed by atoms with Gasteiger partial charge in [-0.1, -0.05) is 6.07 Å². The van der Waals surface area contributed by atoms with Gasteiger partial charge in [-0.15, -0.1) is 0 Å². The van der Waals surface area contributed by atoms with E-state index in [2.05, 4.69) is 0 Å². The Morgan fingerprint density at radius 2 is 1.42 bits per heavy atom. The van der Waals surface area contributed by atoms with E-state index in [4.69, 9.17) is 9.11 Å². The number of hydrogen-bond acceptors (Lipinski definition) is 5. The number of benzene rings is 2. The van der Waals surface area contributed by atoms with Crippen molar-refractivity contribution in [2.75, 3.05) is 0 Å². The molecule has 0 saturated heterocycles. The van der Waals surface area contributed by atoms with Crippen LogP contribution in [0.3, 0.4) is 0 Å². The molecule has 0 amide bonds. The van der Waals surface area contributed by atoms with E-state index in [-0.39, 0.29) is 16.5 Å². The molecule has 0 saturated carbocycles. The molecule has 9 heteroatoms. The van der Waals surface area contributed by atoms with Gasteiger partial charge in [0.25, 0.3) is 20.2 Å². The lowest BCUT2D eigenvalue weighted by atomic mass is 10.1. The number of phenolic OH excluding ortho intramolecular Hbond substituents is 1. The summed E-state index contributed by atoms with van der Waals surface area (Å²) in [6.45, 7) is 0. The van der Waals surface area contributed by atoms with Crippen molar-refractivity contribution >= 4 is 31.0 Å². The zero-order valence-electron chi connectivity index (χ0n) is 9.18. The molecule has 19 heavy (non-hydrogen) atoms. The second-order valence-corrected chi connectivity index (χ2v) is 6.55. The summed E-state index contributed by atoms with van der Waals surface area (Å²) in [5, 5.41) is 9.42. The second kappa shape index (κ2) is 4.17. The van der Waals surface area contributed by atoms with E-state index in [0.717, 1.165) is 30.3 Å². The van der Waals surface area contributed by atoms with Crippen molar-refractivity contribution in [3.63, 3.8) is 0 Å². The lowest BCUT2D eigenvalue weighted by Gasteiger charge is -2.07. The maximum atomic E-state index is 11.1. The number of phenols is 1. The maximum Gasteiger partial charge on any atom is 0.295 e. The molecule has 0 aromatic heterocycles. The second-order valence-electron chi connectivity index (χ2n) is 3.74. The molecule has 0 bridgehead atoms. The summed E-state index contributed by atoms with van der Waals surface area (Å²) >= 11 is 0. The Bertz CT molecular complexity index is 866. The molecular weight excluding hydrogens is 296 g/mol. The third-order valence-corrected chi connectivity index (χ3v) is 4.26. The van der Waals surface area contributed by atoms with Crippen LogP contribution in [-0.4, -0.2) is 31.0 Å². The van der Waals surface area contributed by atoms with E-state index in [1.54, 1.807) is 0 Å². The van der Waals surface area contributed by atoms with Gasteiger partial charge in [0.15, 0.2) is 0 Å². The smallest absolute Gasteiger partial charge is 0.295 e. The minimum Gasteiger partial charge on any atom is -0.507 e. The molecule has 0 atom stereocenters. The topological polar surface area (TPSA) is 129 Å². The van der Waals surface area contributed by atoms with Crippen LogP contribution in [0.2, 0.25) is 0 Å². The highest BCUT2D eigenvalue weighted by molar-refractivity contribution is 7.86. The number of hydrogen-bond donors (Lipinski definition) is 3. The Hall–Kier alpha value is -1.68. The zero-order chi connectivity index (χ0) is 14.4. The molecule has 3 N–H and O–H groups in total. The van der Waals surface area contributed by atoms with Gasteiger partial charge < -0.3 is 5.11 Å². The van der Waals surface area contributed by atoms with Crippen molar-refractivity contribution in [2.24, 2.45) is 0 Å². The molecule has 2 aromatic rings. The summed E-state index contributed by atoms with van der Waals surface area (Å²) in [5.74, 6) is -0.382. The summed E-state index contributed by atoms with van der Waals surface area (Å²) in [6, 6.07) is 4.93. The number of aromatic hydroxyl groups is 1. The van der Waals surface area contributed by atoms with E-state index in [9.17, 15) is 21.9 Å². The van der Waals surface area contributed by atoms with Crippen LogP contribution in [0.4, 0.5) is 0 Å². The van der Waals surface area contributed by atoms with Gasteiger partial charge in [0.2, 0.25) is 0 Å². The van der Waals surface area contributed by atoms with Crippen LogP contribution in [0.1, 0.15) is 0 Å². The quantitative estimate of drug-likeness (QED) is 0.707. The van der Waals surface area contributed by atoms with Gasteiger partial charge >= 0.3 is 0 Å². The van der Waals surface area contributed by atoms with E-state index in [1.807, 2.05) is 0 Å². The van der Waals surface area contributed by atoms with Crippen LogP contribution in [0.25, 0.3) is 10.8 Å². The number of rotatable bonds is 2. The fourth-order valence-corrected chi connectivity index (χ4v) is 2.87. The standard InChI is InChI=1S/C10H8O7S2/c11-9-3-4-10(19(15,16)17)7-2-1-6(5-8(7)9)18(12,13)14/h1-5,11H,(H,12,13,14)(H,15,16,17). The lowest BCUT2D eigenvalue weighted by molar-refractivity contribution is 0.479. The van der Waals surface area contributed by atoms with E-state index >= 15 is 0 Å². The molecule has 0 spiro atoms. The highest BCUT2D eigenvalue weighted by Gasteiger charge is 2.18. The normalized spacial score (nSPS) is 12.7. The van der Waals surface area contributed by atoms with Gasteiger partial charge in [-0.05, 0) is 24.3 Å². The van der Waals surface area contributed by atoms with Crippen LogP contribution in [-0.2, 0) is 20.2 Å². The molecule has 0 heterocycles. The van der Waals surface area contributed by atoms with Gasteiger partial charge in [0, 0.05) is 10.8 Å². The third kappa shape index (κ3) is 2.54. The Balaban J connectivity index is 2.93.